The molecule has 0 aliphatic rings. The van der Waals surface area contributed by atoms with Crippen molar-refractivity contribution in [1.29, 1.82) is 0 Å². The van der Waals surface area contributed by atoms with Crippen LogP contribution >= 0.6 is 0 Å². The average molecular weight is 182 g/mol. The predicted octanol–water partition coefficient (Wildman–Crippen LogP) is 0.567. The van der Waals surface area contributed by atoms with Gasteiger partial charge in [0.15, 0.2) is 5.78 Å². The van der Waals surface area contributed by atoms with Gasteiger partial charge < -0.3 is 4.74 Å². The zero-order valence-electron chi connectivity index (χ0n) is 8.15. The predicted molar refractivity (Wildman–Crippen MR) is 48.4 cm³/mol. The fourth-order valence-electron chi connectivity index (χ4n) is 1.04. The van der Waals surface area contributed by atoms with Crippen LogP contribution < -0.4 is 0 Å². The monoisotopic (exact) mass is 182 g/mol. The molecule has 0 aromatic carbocycles. The number of rotatable bonds is 4. The summed E-state index contributed by atoms with van der Waals surface area (Å²) in [7, 11) is 3.36. The Morgan fingerprint density at radius 1 is 1.77 bits per heavy atom. The Labute approximate surface area is 77.5 Å². The first-order valence-electron chi connectivity index (χ1n) is 4.16. The second-order valence-corrected chi connectivity index (χ2v) is 3.04. The molecule has 1 aromatic heterocycles. The van der Waals surface area contributed by atoms with Gasteiger partial charge >= 0.3 is 0 Å². The molecule has 0 aliphatic carbocycles. The van der Waals surface area contributed by atoms with E-state index in [2.05, 4.69) is 5.10 Å². The lowest BCUT2D eigenvalue weighted by Gasteiger charge is -2.05. The van der Waals surface area contributed by atoms with Gasteiger partial charge in [0.1, 0.15) is 6.10 Å². The summed E-state index contributed by atoms with van der Waals surface area (Å²) in [5, 5.41) is 3.98. The molecule has 1 atom stereocenters. The highest BCUT2D eigenvalue weighted by Crippen LogP contribution is 2.02. The lowest BCUT2D eigenvalue weighted by atomic mass is 10.1. The fourth-order valence-corrected chi connectivity index (χ4v) is 1.04. The van der Waals surface area contributed by atoms with Gasteiger partial charge in [-0.1, -0.05) is 0 Å². The van der Waals surface area contributed by atoms with E-state index in [-0.39, 0.29) is 11.9 Å². The second kappa shape index (κ2) is 4.18. The highest BCUT2D eigenvalue weighted by atomic mass is 16.5. The zero-order valence-corrected chi connectivity index (χ0v) is 8.15. The van der Waals surface area contributed by atoms with E-state index in [1.54, 1.807) is 17.8 Å². The molecule has 0 saturated heterocycles. The Balaban J connectivity index is 2.54. The molecule has 4 nitrogen and oxygen atoms in total. The topological polar surface area (TPSA) is 44.1 Å². The number of carbonyl (C=O) groups is 1. The molecular formula is C9H14N2O2. The molecule has 0 aliphatic heterocycles. The number of methoxy groups -OCH3 is 1. The summed E-state index contributed by atoms with van der Waals surface area (Å²) >= 11 is 0. The van der Waals surface area contributed by atoms with Crippen molar-refractivity contribution in [2.75, 3.05) is 7.11 Å². The molecule has 0 radical (unpaired) electrons. The number of ketones is 1. The maximum atomic E-state index is 11.4. The van der Waals surface area contributed by atoms with Crippen molar-refractivity contribution in [3.8, 4) is 0 Å². The number of nitrogens with zero attached hydrogens (tertiary/aromatic N) is 2. The molecule has 1 unspecified atom stereocenters. The van der Waals surface area contributed by atoms with E-state index in [0.717, 1.165) is 5.56 Å². The number of aromatic nitrogens is 2. The number of hydrogen-bond acceptors (Lipinski definition) is 3. The van der Waals surface area contributed by atoms with E-state index in [4.69, 9.17) is 4.74 Å². The minimum atomic E-state index is -0.333. The third-order valence-electron chi connectivity index (χ3n) is 1.94. The molecule has 0 fully saturated rings. The van der Waals surface area contributed by atoms with Crippen LogP contribution in [0, 0.1) is 0 Å². The van der Waals surface area contributed by atoms with Crippen molar-refractivity contribution in [3.63, 3.8) is 0 Å². The summed E-state index contributed by atoms with van der Waals surface area (Å²) in [4.78, 5) is 11.4. The Morgan fingerprint density at radius 2 is 2.46 bits per heavy atom. The van der Waals surface area contributed by atoms with Crippen LogP contribution in [0.3, 0.4) is 0 Å². The molecular weight excluding hydrogens is 168 g/mol. The summed E-state index contributed by atoms with van der Waals surface area (Å²) < 4.78 is 6.59. The maximum Gasteiger partial charge on any atom is 0.165 e. The zero-order chi connectivity index (χ0) is 9.84. The molecule has 1 rings (SSSR count). The van der Waals surface area contributed by atoms with Gasteiger partial charge in [0.05, 0.1) is 6.20 Å². The number of ether oxygens (including phenoxy) is 1. The van der Waals surface area contributed by atoms with Crippen molar-refractivity contribution in [2.24, 2.45) is 7.05 Å². The molecule has 0 spiro atoms. The van der Waals surface area contributed by atoms with E-state index < -0.39 is 0 Å². The van der Waals surface area contributed by atoms with E-state index in [9.17, 15) is 4.79 Å². The summed E-state index contributed by atoms with van der Waals surface area (Å²) in [5.41, 5.74) is 0.927. The summed E-state index contributed by atoms with van der Waals surface area (Å²) in [6.07, 6.45) is 3.59. The molecule has 1 heterocycles. The fraction of sp³-hybridized carbons (Fsp3) is 0.556. The van der Waals surface area contributed by atoms with Gasteiger partial charge in [-0.25, -0.2) is 0 Å². The van der Waals surface area contributed by atoms with Crippen molar-refractivity contribution in [2.45, 2.75) is 19.4 Å². The van der Waals surface area contributed by atoms with Crippen LogP contribution in [-0.4, -0.2) is 28.8 Å². The molecule has 13 heavy (non-hydrogen) atoms. The van der Waals surface area contributed by atoms with Crippen LogP contribution in [0.4, 0.5) is 0 Å². The van der Waals surface area contributed by atoms with Gasteiger partial charge in [-0.3, -0.25) is 9.48 Å². The Hall–Kier alpha value is -1.16. The highest BCUT2D eigenvalue weighted by Gasteiger charge is 2.12. The molecule has 0 N–H and O–H groups in total. The Morgan fingerprint density at radius 3 is 2.92 bits per heavy atom. The smallest absolute Gasteiger partial charge is 0.165 e. The maximum absolute atomic E-state index is 11.4. The van der Waals surface area contributed by atoms with Crippen LogP contribution in [0.2, 0.25) is 0 Å². The van der Waals surface area contributed by atoms with Gasteiger partial charge in [0.25, 0.3) is 0 Å². The number of Topliss-reactive ketones (excluding diaryl/α,β-unsaturated/α-hetero) is 1. The molecule has 0 bridgehead atoms. The quantitative estimate of drug-likeness (QED) is 0.683. The van der Waals surface area contributed by atoms with Crippen molar-refractivity contribution in [3.05, 3.63) is 18.0 Å². The molecule has 1 aromatic rings. The largest absolute Gasteiger partial charge is 0.374 e. The van der Waals surface area contributed by atoms with Crippen molar-refractivity contribution >= 4 is 5.78 Å². The van der Waals surface area contributed by atoms with E-state index in [1.165, 1.54) is 7.11 Å². The van der Waals surface area contributed by atoms with Crippen LogP contribution in [0.5, 0.6) is 0 Å². The number of hydrogen-bond donors (Lipinski definition) is 0. The van der Waals surface area contributed by atoms with Crippen molar-refractivity contribution < 1.29 is 9.53 Å². The summed E-state index contributed by atoms with van der Waals surface area (Å²) in [5.74, 6) is 0.0792. The van der Waals surface area contributed by atoms with E-state index in [1.807, 2.05) is 13.2 Å². The van der Waals surface area contributed by atoms with Gasteiger partial charge in [0, 0.05) is 26.8 Å². The van der Waals surface area contributed by atoms with Crippen LogP contribution in [0.1, 0.15) is 12.5 Å². The molecule has 0 saturated carbocycles. The summed E-state index contributed by atoms with van der Waals surface area (Å²) in [6.45, 7) is 1.75. The number of aryl methyl sites for hydroxylation is 1. The first-order chi connectivity index (χ1) is 6.13. The molecule has 0 amide bonds. The highest BCUT2D eigenvalue weighted by molar-refractivity contribution is 5.84. The second-order valence-electron chi connectivity index (χ2n) is 3.04. The first kappa shape index (κ1) is 9.92. The molecule has 72 valence electrons. The Kier molecular flexibility index (Phi) is 3.19. The van der Waals surface area contributed by atoms with Crippen LogP contribution in [0.15, 0.2) is 12.4 Å². The number of carbonyl (C=O) groups excluding carboxylic acids is 1. The van der Waals surface area contributed by atoms with Gasteiger partial charge in [0.2, 0.25) is 0 Å². The third-order valence-corrected chi connectivity index (χ3v) is 1.94. The van der Waals surface area contributed by atoms with Crippen molar-refractivity contribution in [1.82, 2.24) is 9.78 Å². The third kappa shape index (κ3) is 2.66. The lowest BCUT2D eigenvalue weighted by molar-refractivity contribution is -0.127. The van der Waals surface area contributed by atoms with Gasteiger partial charge in [-0.15, -0.1) is 0 Å². The van der Waals surface area contributed by atoms with Gasteiger partial charge in [-0.2, -0.15) is 5.10 Å². The summed E-state index contributed by atoms with van der Waals surface area (Å²) in [6, 6.07) is 0. The SMILES string of the molecule is COC(C)C(=O)Cc1cnn(C)c1. The Bertz CT molecular complexity index is 294. The van der Waals surface area contributed by atoms with Crippen LogP contribution in [0.25, 0.3) is 0 Å². The average Bonchev–Trinajstić information content (AvgIpc) is 2.49. The van der Waals surface area contributed by atoms with Crippen LogP contribution in [-0.2, 0) is 23.0 Å². The van der Waals surface area contributed by atoms with E-state index in [0.29, 0.717) is 6.42 Å². The standard InChI is InChI=1S/C9H14N2O2/c1-7(13-3)9(12)4-8-5-10-11(2)6-8/h5-7H,4H2,1-3H3. The van der Waals surface area contributed by atoms with E-state index >= 15 is 0 Å². The first-order valence-corrected chi connectivity index (χ1v) is 4.16. The minimum Gasteiger partial charge on any atom is -0.374 e. The lowest BCUT2D eigenvalue weighted by Crippen LogP contribution is -2.20. The minimum absolute atomic E-state index is 0.0792. The normalized spacial score (nSPS) is 12.8. The molecule has 4 heteroatoms. The van der Waals surface area contributed by atoms with Gasteiger partial charge in [-0.05, 0) is 12.5 Å².